The summed E-state index contributed by atoms with van der Waals surface area (Å²) in [6.45, 7) is 0. The molecule has 0 bridgehead atoms. The third-order valence-corrected chi connectivity index (χ3v) is 5.68. The van der Waals surface area contributed by atoms with E-state index in [4.69, 9.17) is 8.83 Å². The second-order valence-electron chi connectivity index (χ2n) is 8.19. The van der Waals surface area contributed by atoms with E-state index < -0.39 is 23.8 Å². The maximum Gasteiger partial charge on any atom is 0.287 e. The van der Waals surface area contributed by atoms with Crippen LogP contribution in [0.4, 0.5) is 0 Å². The van der Waals surface area contributed by atoms with Crippen LogP contribution in [0.1, 0.15) is 26.5 Å². The van der Waals surface area contributed by atoms with Crippen molar-refractivity contribution in [2.45, 2.75) is 12.5 Å². The predicted molar refractivity (Wildman–Crippen MR) is 135 cm³/mol. The second kappa shape index (κ2) is 10.6. The van der Waals surface area contributed by atoms with E-state index in [2.05, 4.69) is 21.2 Å². The van der Waals surface area contributed by atoms with Crippen LogP contribution in [0, 0.1) is 0 Å². The van der Waals surface area contributed by atoms with Gasteiger partial charge in [-0.3, -0.25) is 25.2 Å². The smallest absolute Gasteiger partial charge is 0.287 e. The van der Waals surface area contributed by atoms with Crippen molar-refractivity contribution < 1.29 is 23.2 Å². The van der Waals surface area contributed by atoms with Crippen LogP contribution in [0.15, 0.2) is 106 Å². The molecule has 0 saturated carbocycles. The molecule has 0 aliphatic heterocycles. The fraction of sp³-hybridized carbons (Fsp3) is 0.0714. The number of pyridine rings is 1. The number of carbonyl (C=O) groups excluding carboxylic acids is 3. The molecule has 5 rings (SSSR count). The minimum absolute atomic E-state index is 0.0728. The van der Waals surface area contributed by atoms with Crippen LogP contribution in [-0.4, -0.2) is 28.7 Å². The van der Waals surface area contributed by atoms with Crippen molar-refractivity contribution in [2.24, 2.45) is 0 Å². The highest BCUT2D eigenvalue weighted by molar-refractivity contribution is 6.07. The Bertz CT molecular complexity index is 1530. The summed E-state index contributed by atoms with van der Waals surface area (Å²) in [6, 6.07) is 23.6. The number of carbonyl (C=O) groups is 3. The zero-order valence-electron chi connectivity index (χ0n) is 19.5. The van der Waals surface area contributed by atoms with Gasteiger partial charge >= 0.3 is 0 Å². The maximum absolute atomic E-state index is 13.2. The van der Waals surface area contributed by atoms with Gasteiger partial charge in [0.2, 0.25) is 0 Å². The molecule has 0 radical (unpaired) electrons. The molecule has 0 unspecified atom stereocenters. The van der Waals surface area contributed by atoms with Crippen molar-refractivity contribution in [1.29, 1.82) is 0 Å². The molecule has 0 aliphatic rings. The van der Waals surface area contributed by atoms with Crippen LogP contribution in [0.25, 0.3) is 22.4 Å². The SMILES string of the molecule is O=C(N[C@@H](Cc1ccccc1)C(=O)NNC(=O)c1cc(-c2ccco2)nc2ccccc12)c1ccco1. The summed E-state index contributed by atoms with van der Waals surface area (Å²) < 4.78 is 10.6. The minimum atomic E-state index is -0.979. The molecule has 2 aromatic carbocycles. The van der Waals surface area contributed by atoms with Crippen molar-refractivity contribution in [3.8, 4) is 11.5 Å². The van der Waals surface area contributed by atoms with Crippen LogP contribution >= 0.6 is 0 Å². The van der Waals surface area contributed by atoms with Gasteiger partial charge in [-0.2, -0.15) is 0 Å². The first-order valence-electron chi connectivity index (χ1n) is 11.5. The van der Waals surface area contributed by atoms with Gasteiger partial charge in [-0.05, 0) is 42.0 Å². The fourth-order valence-corrected chi connectivity index (χ4v) is 3.88. The second-order valence-corrected chi connectivity index (χ2v) is 8.19. The molecule has 3 aromatic heterocycles. The molecular weight excluding hydrogens is 472 g/mol. The summed E-state index contributed by atoms with van der Waals surface area (Å²) >= 11 is 0. The van der Waals surface area contributed by atoms with Crippen LogP contribution in [0.5, 0.6) is 0 Å². The number of hydrogen-bond donors (Lipinski definition) is 3. The number of furan rings is 2. The zero-order chi connectivity index (χ0) is 25.6. The normalized spacial score (nSPS) is 11.6. The van der Waals surface area contributed by atoms with E-state index in [9.17, 15) is 14.4 Å². The number of rotatable bonds is 7. The minimum Gasteiger partial charge on any atom is -0.463 e. The first-order chi connectivity index (χ1) is 18.1. The Morgan fingerprint density at radius 3 is 2.30 bits per heavy atom. The molecule has 3 heterocycles. The first kappa shape index (κ1) is 23.6. The predicted octanol–water partition coefficient (Wildman–Crippen LogP) is 3.89. The third kappa shape index (κ3) is 5.40. The van der Waals surface area contributed by atoms with Crippen molar-refractivity contribution in [3.63, 3.8) is 0 Å². The van der Waals surface area contributed by atoms with Gasteiger partial charge < -0.3 is 14.2 Å². The molecule has 0 fully saturated rings. The fourth-order valence-electron chi connectivity index (χ4n) is 3.88. The van der Waals surface area contributed by atoms with E-state index in [0.717, 1.165) is 5.56 Å². The molecule has 37 heavy (non-hydrogen) atoms. The van der Waals surface area contributed by atoms with Crippen LogP contribution < -0.4 is 16.2 Å². The largest absolute Gasteiger partial charge is 0.463 e. The van der Waals surface area contributed by atoms with E-state index in [1.165, 1.54) is 18.6 Å². The third-order valence-electron chi connectivity index (χ3n) is 5.68. The molecule has 3 amide bonds. The highest BCUT2D eigenvalue weighted by atomic mass is 16.3. The van der Waals surface area contributed by atoms with Gasteiger partial charge in [0.25, 0.3) is 17.7 Å². The van der Waals surface area contributed by atoms with Gasteiger partial charge in [0.15, 0.2) is 11.5 Å². The topological polar surface area (TPSA) is 126 Å². The molecule has 0 saturated heterocycles. The van der Waals surface area contributed by atoms with Gasteiger partial charge in [0, 0.05) is 11.8 Å². The molecule has 5 aromatic rings. The van der Waals surface area contributed by atoms with Gasteiger partial charge in [0.05, 0.1) is 23.6 Å². The highest BCUT2D eigenvalue weighted by Crippen LogP contribution is 2.25. The maximum atomic E-state index is 13.2. The standard InChI is InChI=1S/C28H22N4O5/c33-26(20-17-22(24-12-6-14-36-24)29-21-11-5-4-10-19(20)21)31-32-27(34)23(16-18-8-2-1-3-9-18)30-28(35)25-13-7-15-37-25/h1-15,17,23H,16H2,(H,30,35)(H,31,33)(H,32,34)/t23-/m0/s1. The average Bonchev–Trinajstić information content (AvgIpc) is 3.66. The molecule has 3 N–H and O–H groups in total. The zero-order valence-corrected chi connectivity index (χ0v) is 19.5. The van der Waals surface area contributed by atoms with E-state index in [1.807, 2.05) is 36.4 Å². The number of fused-ring (bicyclic) bond motifs is 1. The van der Waals surface area contributed by atoms with E-state index in [-0.39, 0.29) is 12.2 Å². The summed E-state index contributed by atoms with van der Waals surface area (Å²) in [5, 5.41) is 3.28. The van der Waals surface area contributed by atoms with Crippen LogP contribution in [0.2, 0.25) is 0 Å². The van der Waals surface area contributed by atoms with Crippen molar-refractivity contribution in [1.82, 2.24) is 21.2 Å². The number of aromatic nitrogens is 1. The van der Waals surface area contributed by atoms with Crippen molar-refractivity contribution in [2.75, 3.05) is 0 Å². The number of hydrogen-bond acceptors (Lipinski definition) is 6. The van der Waals surface area contributed by atoms with E-state index in [0.29, 0.717) is 27.9 Å². The Hall–Kier alpha value is -5.18. The monoisotopic (exact) mass is 494 g/mol. The van der Waals surface area contributed by atoms with E-state index >= 15 is 0 Å². The summed E-state index contributed by atoms with van der Waals surface area (Å²) in [5.74, 6) is -1.11. The number of benzene rings is 2. The number of nitrogens with zero attached hydrogens (tertiary/aromatic N) is 1. The lowest BCUT2D eigenvalue weighted by Gasteiger charge is -2.19. The Labute approximate surface area is 211 Å². The Morgan fingerprint density at radius 1 is 0.784 bits per heavy atom. The molecule has 0 aliphatic carbocycles. The lowest BCUT2D eigenvalue weighted by atomic mass is 10.1. The Balaban J connectivity index is 1.35. The quantitative estimate of drug-likeness (QED) is 0.295. The molecule has 9 heteroatoms. The van der Waals surface area contributed by atoms with Gasteiger partial charge in [-0.1, -0.05) is 48.5 Å². The van der Waals surface area contributed by atoms with E-state index in [1.54, 1.807) is 42.5 Å². The Morgan fingerprint density at radius 2 is 1.54 bits per heavy atom. The van der Waals surface area contributed by atoms with Gasteiger partial charge in [-0.25, -0.2) is 4.98 Å². The molecule has 184 valence electrons. The van der Waals surface area contributed by atoms with Crippen molar-refractivity contribution in [3.05, 3.63) is 114 Å². The molecule has 0 spiro atoms. The highest BCUT2D eigenvalue weighted by Gasteiger charge is 2.24. The molecule has 1 atom stereocenters. The number of para-hydroxylation sites is 1. The van der Waals surface area contributed by atoms with Crippen molar-refractivity contribution >= 4 is 28.6 Å². The number of amides is 3. The lowest BCUT2D eigenvalue weighted by Crippen LogP contribution is -2.53. The summed E-state index contributed by atoms with van der Waals surface area (Å²) in [4.78, 5) is 43.4. The summed E-state index contributed by atoms with van der Waals surface area (Å²) in [6.07, 6.45) is 3.10. The van der Waals surface area contributed by atoms with Crippen LogP contribution in [0.3, 0.4) is 0 Å². The summed E-state index contributed by atoms with van der Waals surface area (Å²) in [7, 11) is 0. The number of nitrogens with one attached hydrogen (secondary N) is 3. The molecular formula is C28H22N4O5. The van der Waals surface area contributed by atoms with Crippen LogP contribution in [-0.2, 0) is 11.2 Å². The first-order valence-corrected chi connectivity index (χ1v) is 11.5. The Kier molecular flexibility index (Phi) is 6.76. The number of hydrazine groups is 1. The van der Waals surface area contributed by atoms with Gasteiger partial charge in [0.1, 0.15) is 11.7 Å². The molecule has 9 nitrogen and oxygen atoms in total. The van der Waals surface area contributed by atoms with Gasteiger partial charge in [-0.15, -0.1) is 0 Å². The summed E-state index contributed by atoms with van der Waals surface area (Å²) in [5.41, 5.74) is 7.12. The average molecular weight is 495 g/mol. The lowest BCUT2D eigenvalue weighted by molar-refractivity contribution is -0.123.